The molecule has 3 heterocycles. The lowest BCUT2D eigenvalue weighted by atomic mass is 9.70. The summed E-state index contributed by atoms with van der Waals surface area (Å²) < 4.78 is 12.9. The van der Waals surface area contributed by atoms with Crippen molar-refractivity contribution in [2.24, 2.45) is 11.8 Å². The highest BCUT2D eigenvalue weighted by Gasteiger charge is 2.75. The van der Waals surface area contributed by atoms with E-state index in [0.29, 0.717) is 24.8 Å². The van der Waals surface area contributed by atoms with Crippen LogP contribution in [0.5, 0.6) is 0 Å². The molecular weight excluding hydrogens is 610 g/mol. The molecule has 2 bridgehead atoms. The van der Waals surface area contributed by atoms with Gasteiger partial charge in [-0.3, -0.25) is 19.2 Å². The first-order chi connectivity index (χ1) is 23.1. The Morgan fingerprint density at radius 2 is 1.83 bits per heavy atom. The normalized spacial score (nSPS) is 25.2. The van der Waals surface area contributed by atoms with E-state index in [4.69, 9.17) is 9.47 Å². The largest absolute Gasteiger partial charge is 0.455 e. The molecule has 0 unspecified atom stereocenters. The average molecular weight is 658 g/mol. The summed E-state index contributed by atoms with van der Waals surface area (Å²) in [6.07, 6.45) is 3.84. The summed E-state index contributed by atoms with van der Waals surface area (Å²) in [6.45, 7) is 13.4. The molecule has 256 valence electrons. The van der Waals surface area contributed by atoms with Crippen molar-refractivity contribution >= 4 is 29.4 Å². The fraction of sp³-hybridized carbons (Fsp3) is 0.474. The Balaban J connectivity index is 1.48. The van der Waals surface area contributed by atoms with E-state index >= 15 is 0 Å². The minimum atomic E-state index is -1.24. The molecule has 2 N–H and O–H groups in total. The topological polar surface area (TPSA) is 125 Å². The number of nitrogens with zero attached hydrogens (tertiary/aromatic N) is 2. The maximum atomic E-state index is 14.8. The van der Waals surface area contributed by atoms with Gasteiger partial charge in [-0.1, -0.05) is 60.7 Å². The van der Waals surface area contributed by atoms with E-state index < -0.39 is 47.7 Å². The number of nitrogens with one attached hydrogen (secondary N) is 1. The maximum absolute atomic E-state index is 14.8. The van der Waals surface area contributed by atoms with E-state index in [1.165, 1.54) is 4.90 Å². The van der Waals surface area contributed by atoms with Crippen molar-refractivity contribution < 1.29 is 33.8 Å². The molecule has 2 aromatic carbocycles. The van der Waals surface area contributed by atoms with Gasteiger partial charge in [0.25, 0.3) is 5.91 Å². The van der Waals surface area contributed by atoms with Crippen LogP contribution in [0.15, 0.2) is 73.8 Å². The number of esters is 1. The fourth-order valence-electron chi connectivity index (χ4n) is 7.92. The third-order valence-electron chi connectivity index (χ3n) is 9.94. The number of fused-ring (bicyclic) bond motifs is 1. The van der Waals surface area contributed by atoms with Crippen LogP contribution in [-0.2, 0) is 28.7 Å². The van der Waals surface area contributed by atoms with Crippen molar-refractivity contribution in [2.45, 2.75) is 82.8 Å². The number of aliphatic hydroxyl groups excluding tert-OH is 1. The summed E-state index contributed by atoms with van der Waals surface area (Å²) in [5.74, 6) is -3.34. The monoisotopic (exact) mass is 657 g/mol. The van der Waals surface area contributed by atoms with Gasteiger partial charge in [-0.2, -0.15) is 0 Å². The molecule has 3 aliphatic rings. The van der Waals surface area contributed by atoms with Crippen LogP contribution in [0.1, 0.15) is 61.8 Å². The molecule has 5 rings (SSSR count). The zero-order valence-corrected chi connectivity index (χ0v) is 28.1. The minimum absolute atomic E-state index is 0.134. The summed E-state index contributed by atoms with van der Waals surface area (Å²) >= 11 is 0. The van der Waals surface area contributed by atoms with Gasteiger partial charge >= 0.3 is 5.97 Å². The van der Waals surface area contributed by atoms with Crippen LogP contribution >= 0.6 is 0 Å². The first-order valence-electron chi connectivity index (χ1n) is 16.8. The zero-order valence-electron chi connectivity index (χ0n) is 28.1. The molecule has 0 aromatic heterocycles. The van der Waals surface area contributed by atoms with Crippen LogP contribution in [0.4, 0.5) is 5.69 Å². The van der Waals surface area contributed by atoms with Crippen molar-refractivity contribution in [3.63, 3.8) is 0 Å². The van der Waals surface area contributed by atoms with Crippen LogP contribution in [0.3, 0.4) is 0 Å². The predicted molar refractivity (Wildman–Crippen MR) is 182 cm³/mol. The van der Waals surface area contributed by atoms with Gasteiger partial charge in [-0.15, -0.1) is 13.2 Å². The van der Waals surface area contributed by atoms with E-state index in [0.717, 1.165) is 16.8 Å². The number of benzene rings is 2. The molecule has 7 atom stereocenters. The van der Waals surface area contributed by atoms with Crippen LogP contribution in [0.2, 0.25) is 0 Å². The quantitative estimate of drug-likeness (QED) is 0.216. The van der Waals surface area contributed by atoms with E-state index in [9.17, 15) is 24.3 Å². The highest BCUT2D eigenvalue weighted by atomic mass is 16.6. The zero-order chi connectivity index (χ0) is 34.6. The number of hydrogen-bond acceptors (Lipinski definition) is 7. The standard InChI is InChI=1S/C38H47N3O7/c1-6-8-18-29(43)39-26(5)33(27-16-10-9-11-17-27)47-37(46)30-28-19-20-38(48-28)31(30)35(44)41(22-13-23-42)34(38)36(45)40(21-7-2)32-24(3)14-12-15-25(32)4/h6-7,9-12,14-17,26,28,30-31,33-34,42H,1-2,8,13,18-23H2,3-5H3,(H,39,43)/t26-,28+,30-,31-,33-,34+,38-/m0/s1. The molecule has 3 saturated heterocycles. The molecule has 3 fully saturated rings. The fourth-order valence-corrected chi connectivity index (χ4v) is 7.92. The van der Waals surface area contributed by atoms with Gasteiger partial charge in [-0.25, -0.2) is 0 Å². The number of aliphatic hydroxyl groups is 1. The lowest BCUT2D eigenvalue weighted by Gasteiger charge is -2.37. The van der Waals surface area contributed by atoms with E-state index in [1.54, 1.807) is 24.0 Å². The first kappa shape index (κ1) is 35.0. The predicted octanol–water partition coefficient (Wildman–Crippen LogP) is 4.33. The lowest BCUT2D eigenvalue weighted by molar-refractivity contribution is -0.162. The van der Waals surface area contributed by atoms with E-state index in [1.807, 2.05) is 62.4 Å². The minimum Gasteiger partial charge on any atom is -0.455 e. The smallest absolute Gasteiger partial charge is 0.313 e. The summed E-state index contributed by atoms with van der Waals surface area (Å²) in [5.41, 5.74) is 2.02. The number of aryl methyl sites for hydroxylation is 2. The summed E-state index contributed by atoms with van der Waals surface area (Å²) in [5, 5.41) is 12.7. The Bertz CT molecular complexity index is 1520. The Kier molecular flexibility index (Phi) is 10.9. The average Bonchev–Trinajstić information content (AvgIpc) is 3.72. The van der Waals surface area contributed by atoms with Gasteiger partial charge in [0.05, 0.1) is 24.0 Å². The number of allylic oxidation sites excluding steroid dienone is 1. The maximum Gasteiger partial charge on any atom is 0.313 e. The SMILES string of the molecule is C=CCCC(=O)N[C@@H](C)[C@H](OC(=O)[C@@H]1[C@H]2C(=O)N(CCCO)[C@H](C(=O)N(CC=C)c3c(C)cccc3C)[C@]23CC[C@H]1O3)c1ccccc1. The number of rotatable bonds is 15. The van der Waals surface area contributed by atoms with Crippen LogP contribution < -0.4 is 10.2 Å². The van der Waals surface area contributed by atoms with Gasteiger partial charge < -0.3 is 29.7 Å². The van der Waals surface area contributed by atoms with Gasteiger partial charge in [0.15, 0.2) is 0 Å². The molecule has 0 aliphatic carbocycles. The number of carbonyl (C=O) groups excluding carboxylic acids is 4. The van der Waals surface area contributed by atoms with Gasteiger partial charge in [0, 0.05) is 31.8 Å². The van der Waals surface area contributed by atoms with Crippen molar-refractivity contribution in [2.75, 3.05) is 24.6 Å². The third-order valence-corrected chi connectivity index (χ3v) is 9.94. The Labute approximate surface area is 282 Å². The van der Waals surface area contributed by atoms with Crippen molar-refractivity contribution in [1.29, 1.82) is 0 Å². The molecule has 3 amide bonds. The summed E-state index contributed by atoms with van der Waals surface area (Å²) in [6, 6.07) is 13.4. The molecule has 10 heteroatoms. The molecular formula is C38H47N3O7. The second-order valence-electron chi connectivity index (χ2n) is 13.1. The van der Waals surface area contributed by atoms with Crippen molar-refractivity contribution in [3.8, 4) is 0 Å². The van der Waals surface area contributed by atoms with Crippen LogP contribution in [0, 0.1) is 25.7 Å². The van der Waals surface area contributed by atoms with Gasteiger partial charge in [0.2, 0.25) is 11.8 Å². The molecule has 2 aromatic rings. The van der Waals surface area contributed by atoms with Gasteiger partial charge in [-0.05, 0) is 63.1 Å². The Hall–Kier alpha value is -4.28. The Morgan fingerprint density at radius 3 is 2.48 bits per heavy atom. The molecule has 48 heavy (non-hydrogen) atoms. The summed E-state index contributed by atoms with van der Waals surface area (Å²) in [4.78, 5) is 59.2. The highest BCUT2D eigenvalue weighted by molar-refractivity contribution is 6.05. The number of ether oxygens (including phenoxy) is 2. The van der Waals surface area contributed by atoms with Crippen molar-refractivity contribution in [1.82, 2.24) is 10.2 Å². The molecule has 1 spiro atoms. The van der Waals surface area contributed by atoms with Gasteiger partial charge in [0.1, 0.15) is 17.7 Å². The molecule has 3 aliphatic heterocycles. The van der Waals surface area contributed by atoms with E-state index in [2.05, 4.69) is 18.5 Å². The number of para-hydroxylation sites is 1. The van der Waals surface area contributed by atoms with Crippen LogP contribution in [-0.4, -0.2) is 77.2 Å². The second-order valence-corrected chi connectivity index (χ2v) is 13.1. The first-order valence-corrected chi connectivity index (χ1v) is 16.8. The molecule has 10 nitrogen and oxygen atoms in total. The summed E-state index contributed by atoms with van der Waals surface area (Å²) in [7, 11) is 0. The van der Waals surface area contributed by atoms with Crippen LogP contribution in [0.25, 0.3) is 0 Å². The molecule has 0 saturated carbocycles. The highest BCUT2D eigenvalue weighted by Crippen LogP contribution is 2.59. The lowest BCUT2D eigenvalue weighted by Crippen LogP contribution is -2.56. The molecule has 0 radical (unpaired) electrons. The second kappa shape index (κ2) is 14.9. The van der Waals surface area contributed by atoms with Crippen molar-refractivity contribution in [3.05, 3.63) is 90.5 Å². The third kappa shape index (κ3) is 6.43. The van der Waals surface area contributed by atoms with E-state index in [-0.39, 0.29) is 50.3 Å². The number of anilines is 1. The Morgan fingerprint density at radius 1 is 1.12 bits per heavy atom. The number of hydrogen-bond donors (Lipinski definition) is 2. The number of amides is 3. The number of carbonyl (C=O) groups is 4. The number of likely N-dealkylation sites (tertiary alicyclic amines) is 1.